The average Bonchev–Trinajstić information content (AvgIpc) is 3.09. The van der Waals surface area contributed by atoms with Crippen molar-refractivity contribution >= 4 is 5.97 Å². The first-order chi connectivity index (χ1) is 14.0. The van der Waals surface area contributed by atoms with Crippen LogP contribution in [0.4, 0.5) is 4.39 Å². The van der Waals surface area contributed by atoms with Crippen LogP contribution in [0.15, 0.2) is 41.9 Å². The molecule has 0 aromatic heterocycles. The summed E-state index contributed by atoms with van der Waals surface area (Å²) in [5.74, 6) is -0.463. The van der Waals surface area contributed by atoms with Crippen LogP contribution in [0.3, 0.4) is 0 Å². The molecule has 4 rings (SSSR count). The van der Waals surface area contributed by atoms with Crippen LogP contribution in [0.5, 0.6) is 0 Å². The van der Waals surface area contributed by atoms with Crippen molar-refractivity contribution in [1.29, 1.82) is 0 Å². The van der Waals surface area contributed by atoms with E-state index in [1.807, 2.05) is 13.0 Å². The predicted molar refractivity (Wildman–Crippen MR) is 112 cm³/mol. The molecule has 1 aliphatic carbocycles. The maximum Gasteiger partial charge on any atom is 0.306 e. The number of fused-ring (bicyclic) bond motifs is 1. The number of aliphatic carboxylic acids is 1. The Balaban J connectivity index is 1.39. The van der Waals surface area contributed by atoms with Gasteiger partial charge in [-0.05, 0) is 75.4 Å². The number of hydrogen-bond donors (Lipinski definition) is 1. The zero-order valence-electron chi connectivity index (χ0n) is 17.4. The van der Waals surface area contributed by atoms with Gasteiger partial charge in [-0.15, -0.1) is 0 Å². The van der Waals surface area contributed by atoms with Crippen molar-refractivity contribution in [1.82, 2.24) is 9.80 Å². The van der Waals surface area contributed by atoms with Gasteiger partial charge in [0.15, 0.2) is 0 Å². The summed E-state index contributed by atoms with van der Waals surface area (Å²) in [4.78, 5) is 15.9. The lowest BCUT2D eigenvalue weighted by Crippen LogP contribution is -2.43. The van der Waals surface area contributed by atoms with Crippen molar-refractivity contribution in [3.63, 3.8) is 0 Å². The summed E-state index contributed by atoms with van der Waals surface area (Å²) >= 11 is 0. The molecule has 29 heavy (non-hydrogen) atoms. The molecule has 0 saturated carbocycles. The van der Waals surface area contributed by atoms with Crippen LogP contribution >= 0.6 is 0 Å². The van der Waals surface area contributed by atoms with E-state index in [0.29, 0.717) is 12.0 Å². The van der Waals surface area contributed by atoms with Gasteiger partial charge in [-0.3, -0.25) is 9.69 Å². The second-order valence-electron chi connectivity index (χ2n) is 8.71. The Morgan fingerprint density at radius 1 is 1.21 bits per heavy atom. The van der Waals surface area contributed by atoms with Crippen molar-refractivity contribution in [3.05, 3.63) is 58.6 Å². The average molecular weight is 399 g/mol. The number of carboxylic acid groups (broad SMARTS) is 1. The van der Waals surface area contributed by atoms with Crippen LogP contribution in [0.25, 0.3) is 0 Å². The summed E-state index contributed by atoms with van der Waals surface area (Å²) in [5, 5.41) is 9.22. The van der Waals surface area contributed by atoms with Crippen LogP contribution in [0.1, 0.15) is 61.8 Å². The largest absolute Gasteiger partial charge is 0.481 e. The lowest BCUT2D eigenvalue weighted by molar-refractivity contribution is -0.143. The minimum absolute atomic E-state index is 0.155. The van der Waals surface area contributed by atoms with Crippen LogP contribution in [-0.2, 0) is 11.2 Å². The first kappa shape index (κ1) is 20.1. The summed E-state index contributed by atoms with van der Waals surface area (Å²) < 4.78 is 13.2. The SMILES string of the molecule is C/C=C(\C=C(/C)F)N1CC(c2ccc3c(c2)CCC3N2CCC(C(=O)O)CC2)C1. The van der Waals surface area contributed by atoms with E-state index in [0.717, 1.165) is 57.6 Å². The quantitative estimate of drug-likeness (QED) is 0.734. The number of carboxylic acids is 1. The summed E-state index contributed by atoms with van der Waals surface area (Å²) in [6, 6.07) is 7.40. The van der Waals surface area contributed by atoms with Crippen molar-refractivity contribution in [2.24, 2.45) is 5.92 Å². The molecule has 0 bridgehead atoms. The van der Waals surface area contributed by atoms with Crippen molar-refractivity contribution in [3.8, 4) is 0 Å². The van der Waals surface area contributed by atoms with E-state index in [1.54, 1.807) is 6.08 Å². The van der Waals surface area contributed by atoms with Gasteiger partial charge in [0.05, 0.1) is 11.7 Å². The zero-order valence-corrected chi connectivity index (χ0v) is 17.4. The molecule has 2 saturated heterocycles. The van der Waals surface area contributed by atoms with Gasteiger partial charge in [-0.2, -0.15) is 0 Å². The van der Waals surface area contributed by atoms with Gasteiger partial charge in [0.1, 0.15) is 0 Å². The number of likely N-dealkylation sites (tertiary alicyclic amines) is 2. The molecule has 0 amide bonds. The third-order valence-electron chi connectivity index (χ3n) is 6.89. The number of halogens is 1. The highest BCUT2D eigenvalue weighted by atomic mass is 19.1. The zero-order chi connectivity index (χ0) is 20.5. The molecule has 156 valence electrons. The van der Waals surface area contributed by atoms with Gasteiger partial charge in [-0.25, -0.2) is 4.39 Å². The molecule has 1 unspecified atom stereocenters. The first-order valence-corrected chi connectivity index (χ1v) is 10.8. The number of aryl methyl sites for hydroxylation is 1. The Bertz CT molecular complexity index is 829. The van der Waals surface area contributed by atoms with Crippen molar-refractivity contribution in [2.45, 2.75) is 51.5 Å². The first-order valence-electron chi connectivity index (χ1n) is 10.8. The highest BCUT2D eigenvalue weighted by molar-refractivity contribution is 5.70. The van der Waals surface area contributed by atoms with E-state index in [9.17, 15) is 14.3 Å². The molecular formula is C24H31FN2O2. The third-order valence-corrected chi connectivity index (χ3v) is 6.89. The monoisotopic (exact) mass is 398 g/mol. The molecular weight excluding hydrogens is 367 g/mol. The highest BCUT2D eigenvalue weighted by Crippen LogP contribution is 2.40. The standard InChI is InChI=1S/C24H31FN2O2/c1-3-21(12-16(2)25)27-14-20(15-27)18-4-6-22-19(13-18)5-7-23(22)26-10-8-17(9-11-26)24(28)29/h3-4,6,12-13,17,20,23H,5,7-11,14-15H2,1-2H3,(H,28,29)/b16-12+,21-3+. The van der Waals surface area contributed by atoms with Crippen LogP contribution < -0.4 is 0 Å². The van der Waals surface area contributed by atoms with Crippen LogP contribution in [-0.4, -0.2) is 47.1 Å². The second-order valence-corrected chi connectivity index (χ2v) is 8.71. The Labute approximate surface area is 172 Å². The minimum Gasteiger partial charge on any atom is -0.481 e. The molecule has 5 heteroatoms. The topological polar surface area (TPSA) is 43.8 Å². The van der Waals surface area contributed by atoms with Crippen LogP contribution in [0.2, 0.25) is 0 Å². The Morgan fingerprint density at radius 2 is 1.93 bits per heavy atom. The van der Waals surface area contributed by atoms with Gasteiger partial charge in [0.2, 0.25) is 0 Å². The maximum absolute atomic E-state index is 13.2. The highest BCUT2D eigenvalue weighted by Gasteiger charge is 2.34. The van der Waals surface area contributed by atoms with Gasteiger partial charge < -0.3 is 10.0 Å². The number of carbonyl (C=O) groups is 1. The van der Waals surface area contributed by atoms with E-state index < -0.39 is 5.97 Å². The number of rotatable bonds is 5. The third kappa shape index (κ3) is 4.11. The van der Waals surface area contributed by atoms with E-state index >= 15 is 0 Å². The molecule has 1 aromatic carbocycles. The Morgan fingerprint density at radius 3 is 2.55 bits per heavy atom. The molecule has 1 N–H and O–H groups in total. The summed E-state index contributed by atoms with van der Waals surface area (Å²) in [5.41, 5.74) is 5.25. The smallest absolute Gasteiger partial charge is 0.306 e. The Hall–Kier alpha value is -2.14. The molecule has 4 nitrogen and oxygen atoms in total. The summed E-state index contributed by atoms with van der Waals surface area (Å²) in [7, 11) is 0. The molecule has 0 radical (unpaired) electrons. The number of nitrogens with zero attached hydrogens (tertiary/aromatic N) is 2. The van der Waals surface area contributed by atoms with E-state index in [-0.39, 0.29) is 11.7 Å². The fourth-order valence-electron chi connectivity index (χ4n) is 5.17. The molecule has 2 fully saturated rings. The molecule has 2 heterocycles. The molecule has 0 spiro atoms. The molecule has 1 aromatic rings. The van der Waals surface area contributed by atoms with Crippen molar-refractivity contribution in [2.75, 3.05) is 26.2 Å². The molecule has 3 aliphatic rings. The lowest BCUT2D eigenvalue weighted by Gasteiger charge is -2.42. The van der Waals surface area contributed by atoms with Gasteiger partial charge in [0.25, 0.3) is 0 Å². The number of allylic oxidation sites excluding steroid dienone is 3. The number of hydrogen-bond acceptors (Lipinski definition) is 3. The normalized spacial score (nSPS) is 24.5. The fraction of sp³-hybridized carbons (Fsp3) is 0.542. The number of benzene rings is 1. The van der Waals surface area contributed by atoms with Gasteiger partial charge in [-0.1, -0.05) is 24.3 Å². The van der Waals surface area contributed by atoms with Crippen molar-refractivity contribution < 1.29 is 14.3 Å². The summed E-state index contributed by atoms with van der Waals surface area (Å²) in [6.07, 6.45) is 7.34. The van der Waals surface area contributed by atoms with E-state index in [2.05, 4.69) is 28.0 Å². The Kier molecular flexibility index (Phi) is 5.77. The van der Waals surface area contributed by atoms with Gasteiger partial charge >= 0.3 is 5.97 Å². The second kappa shape index (κ2) is 8.31. The van der Waals surface area contributed by atoms with Gasteiger partial charge in [0, 0.05) is 30.7 Å². The number of piperidine rings is 1. The summed E-state index contributed by atoms with van der Waals surface area (Å²) in [6.45, 7) is 7.09. The fourth-order valence-corrected chi connectivity index (χ4v) is 5.17. The molecule has 1 atom stereocenters. The van der Waals surface area contributed by atoms with E-state index in [1.165, 1.54) is 23.6 Å². The lowest BCUT2D eigenvalue weighted by atomic mass is 9.88. The van der Waals surface area contributed by atoms with E-state index in [4.69, 9.17) is 0 Å². The maximum atomic E-state index is 13.2. The van der Waals surface area contributed by atoms with Crippen LogP contribution in [0, 0.1) is 5.92 Å². The molecule has 2 aliphatic heterocycles. The minimum atomic E-state index is -0.645. The predicted octanol–water partition coefficient (Wildman–Crippen LogP) is 4.65.